The molecule has 0 spiro atoms. The SMILES string of the molecule is COc1ccc(CCC(N)C2(N(C)C)CCCC2)cc1. The lowest BCUT2D eigenvalue weighted by molar-refractivity contribution is 0.119. The van der Waals surface area contributed by atoms with Crippen LogP contribution < -0.4 is 10.5 Å². The highest BCUT2D eigenvalue weighted by Gasteiger charge is 2.40. The van der Waals surface area contributed by atoms with Crippen molar-refractivity contribution < 1.29 is 4.74 Å². The summed E-state index contributed by atoms with van der Waals surface area (Å²) >= 11 is 0. The van der Waals surface area contributed by atoms with Gasteiger partial charge < -0.3 is 15.4 Å². The smallest absolute Gasteiger partial charge is 0.118 e. The molecule has 3 heteroatoms. The van der Waals surface area contributed by atoms with Gasteiger partial charge in [0.25, 0.3) is 0 Å². The van der Waals surface area contributed by atoms with Crippen LogP contribution in [-0.2, 0) is 6.42 Å². The van der Waals surface area contributed by atoms with Gasteiger partial charge in [-0.3, -0.25) is 0 Å². The summed E-state index contributed by atoms with van der Waals surface area (Å²) in [6.45, 7) is 0. The molecule has 1 saturated carbocycles. The quantitative estimate of drug-likeness (QED) is 0.868. The third-order valence-electron chi connectivity index (χ3n) is 4.95. The molecule has 0 saturated heterocycles. The molecule has 1 aliphatic rings. The maximum atomic E-state index is 6.55. The monoisotopic (exact) mass is 276 g/mol. The van der Waals surface area contributed by atoms with Crippen molar-refractivity contribution in [3.05, 3.63) is 29.8 Å². The number of nitrogens with zero attached hydrogens (tertiary/aromatic N) is 1. The zero-order chi connectivity index (χ0) is 14.6. The predicted octanol–water partition coefficient (Wildman–Crippen LogP) is 2.83. The van der Waals surface area contributed by atoms with Crippen molar-refractivity contribution in [1.82, 2.24) is 4.90 Å². The summed E-state index contributed by atoms with van der Waals surface area (Å²) in [6, 6.07) is 8.59. The highest BCUT2D eigenvalue weighted by molar-refractivity contribution is 5.27. The summed E-state index contributed by atoms with van der Waals surface area (Å²) < 4.78 is 5.19. The molecule has 1 fully saturated rings. The lowest BCUT2D eigenvalue weighted by atomic mass is 9.84. The van der Waals surface area contributed by atoms with E-state index in [9.17, 15) is 0 Å². The van der Waals surface area contributed by atoms with Crippen molar-refractivity contribution in [3.8, 4) is 5.75 Å². The van der Waals surface area contributed by atoms with E-state index >= 15 is 0 Å². The Balaban J connectivity index is 1.94. The van der Waals surface area contributed by atoms with Gasteiger partial charge in [-0.2, -0.15) is 0 Å². The lowest BCUT2D eigenvalue weighted by Crippen LogP contribution is -2.55. The Kier molecular flexibility index (Phi) is 5.06. The van der Waals surface area contributed by atoms with E-state index < -0.39 is 0 Å². The molecule has 2 rings (SSSR count). The molecule has 0 aromatic heterocycles. The Morgan fingerprint density at radius 1 is 1.20 bits per heavy atom. The number of benzene rings is 1. The minimum absolute atomic E-state index is 0.215. The molecule has 0 aliphatic heterocycles. The molecule has 2 N–H and O–H groups in total. The van der Waals surface area contributed by atoms with Crippen molar-refractivity contribution in [3.63, 3.8) is 0 Å². The highest BCUT2D eigenvalue weighted by Crippen LogP contribution is 2.37. The van der Waals surface area contributed by atoms with Crippen molar-refractivity contribution >= 4 is 0 Å². The second-order valence-corrected chi connectivity index (χ2v) is 6.20. The van der Waals surface area contributed by atoms with Crippen LogP contribution in [0.2, 0.25) is 0 Å². The van der Waals surface area contributed by atoms with Gasteiger partial charge in [-0.25, -0.2) is 0 Å². The molecule has 0 heterocycles. The summed E-state index contributed by atoms with van der Waals surface area (Å²) in [5.74, 6) is 0.915. The van der Waals surface area contributed by atoms with Gasteiger partial charge in [0, 0.05) is 11.6 Å². The molecule has 1 atom stereocenters. The van der Waals surface area contributed by atoms with Crippen LogP contribution in [0.3, 0.4) is 0 Å². The predicted molar refractivity (Wildman–Crippen MR) is 84.2 cm³/mol. The van der Waals surface area contributed by atoms with Gasteiger partial charge in [0.1, 0.15) is 5.75 Å². The minimum Gasteiger partial charge on any atom is -0.497 e. The molecule has 1 aliphatic carbocycles. The minimum atomic E-state index is 0.215. The van der Waals surface area contributed by atoms with Gasteiger partial charge in [0.15, 0.2) is 0 Å². The highest BCUT2D eigenvalue weighted by atomic mass is 16.5. The maximum absolute atomic E-state index is 6.55. The number of methoxy groups -OCH3 is 1. The first-order valence-corrected chi connectivity index (χ1v) is 7.64. The molecule has 0 bridgehead atoms. The van der Waals surface area contributed by atoms with Crippen LogP contribution in [0.1, 0.15) is 37.7 Å². The summed E-state index contributed by atoms with van der Waals surface area (Å²) in [5.41, 5.74) is 8.11. The zero-order valence-electron chi connectivity index (χ0n) is 13.1. The zero-order valence-corrected chi connectivity index (χ0v) is 13.1. The largest absolute Gasteiger partial charge is 0.497 e. The first-order valence-electron chi connectivity index (χ1n) is 7.64. The molecule has 0 amide bonds. The molecule has 0 radical (unpaired) electrons. The first kappa shape index (κ1) is 15.3. The van der Waals surface area contributed by atoms with Crippen LogP contribution in [-0.4, -0.2) is 37.7 Å². The van der Waals surface area contributed by atoms with Crippen molar-refractivity contribution in [2.75, 3.05) is 21.2 Å². The molecule has 1 aromatic carbocycles. The summed E-state index contributed by atoms with van der Waals surface area (Å²) in [5, 5.41) is 0. The van der Waals surface area contributed by atoms with Crippen molar-refractivity contribution in [2.24, 2.45) is 5.73 Å². The van der Waals surface area contributed by atoms with E-state index in [4.69, 9.17) is 10.5 Å². The van der Waals surface area contributed by atoms with Gasteiger partial charge >= 0.3 is 0 Å². The molecular formula is C17H28N2O. The number of aryl methyl sites for hydroxylation is 1. The van der Waals surface area contributed by atoms with Gasteiger partial charge in [0.2, 0.25) is 0 Å². The van der Waals surface area contributed by atoms with Crippen molar-refractivity contribution in [1.29, 1.82) is 0 Å². The average Bonchev–Trinajstić information content (AvgIpc) is 2.96. The summed E-state index contributed by atoms with van der Waals surface area (Å²) in [7, 11) is 6.06. The molecule has 3 nitrogen and oxygen atoms in total. The fourth-order valence-corrected chi connectivity index (χ4v) is 3.52. The third kappa shape index (κ3) is 3.15. The summed E-state index contributed by atoms with van der Waals surface area (Å²) in [6.07, 6.45) is 7.20. The van der Waals surface area contributed by atoms with Crippen molar-refractivity contribution in [2.45, 2.75) is 50.1 Å². The number of rotatable bonds is 6. The van der Waals surface area contributed by atoms with Gasteiger partial charge in [-0.15, -0.1) is 0 Å². The Morgan fingerprint density at radius 3 is 2.30 bits per heavy atom. The van der Waals surface area contributed by atoms with Crippen LogP contribution >= 0.6 is 0 Å². The van der Waals surface area contributed by atoms with E-state index in [1.54, 1.807) is 7.11 Å². The van der Waals surface area contributed by atoms with E-state index in [0.29, 0.717) is 0 Å². The van der Waals surface area contributed by atoms with E-state index in [-0.39, 0.29) is 11.6 Å². The van der Waals surface area contributed by atoms with Gasteiger partial charge in [-0.1, -0.05) is 25.0 Å². The number of likely N-dealkylation sites (N-methyl/N-ethyl adjacent to an activating group) is 1. The fourth-order valence-electron chi connectivity index (χ4n) is 3.52. The van der Waals surface area contributed by atoms with E-state index in [0.717, 1.165) is 18.6 Å². The Morgan fingerprint density at radius 2 is 1.80 bits per heavy atom. The molecule has 20 heavy (non-hydrogen) atoms. The normalized spacial score (nSPS) is 19.2. The number of nitrogens with two attached hydrogens (primary N) is 1. The second kappa shape index (κ2) is 6.59. The number of ether oxygens (including phenoxy) is 1. The number of hydrogen-bond donors (Lipinski definition) is 1. The maximum Gasteiger partial charge on any atom is 0.118 e. The third-order valence-corrected chi connectivity index (χ3v) is 4.95. The Labute approximate surface area is 123 Å². The fraction of sp³-hybridized carbons (Fsp3) is 0.647. The van der Waals surface area contributed by atoms with Crippen LogP contribution in [0, 0.1) is 0 Å². The van der Waals surface area contributed by atoms with Gasteiger partial charge in [-0.05, 0) is 57.5 Å². The average molecular weight is 276 g/mol. The number of hydrogen-bond acceptors (Lipinski definition) is 3. The van der Waals surface area contributed by atoms with E-state index in [1.807, 2.05) is 12.1 Å². The van der Waals surface area contributed by atoms with E-state index in [1.165, 1.54) is 31.2 Å². The Bertz CT molecular complexity index is 408. The van der Waals surface area contributed by atoms with Crippen LogP contribution in [0.4, 0.5) is 0 Å². The molecule has 112 valence electrons. The molecular weight excluding hydrogens is 248 g/mol. The molecule has 1 aromatic rings. The lowest BCUT2D eigenvalue weighted by Gasteiger charge is -2.41. The second-order valence-electron chi connectivity index (χ2n) is 6.20. The summed E-state index contributed by atoms with van der Waals surface area (Å²) in [4.78, 5) is 2.36. The van der Waals surface area contributed by atoms with E-state index in [2.05, 4.69) is 31.1 Å². The molecule has 1 unspecified atom stereocenters. The Hall–Kier alpha value is -1.06. The van der Waals surface area contributed by atoms with Crippen LogP contribution in [0.5, 0.6) is 5.75 Å². The first-order chi connectivity index (χ1) is 9.58. The van der Waals surface area contributed by atoms with Crippen LogP contribution in [0.25, 0.3) is 0 Å². The standard InChI is InChI=1S/C17H28N2O/c1-19(2)17(12-4-5-13-17)16(18)11-8-14-6-9-15(20-3)10-7-14/h6-7,9-10,16H,4-5,8,11-13,18H2,1-3H3. The van der Waals surface area contributed by atoms with Crippen LogP contribution in [0.15, 0.2) is 24.3 Å². The van der Waals surface area contributed by atoms with Gasteiger partial charge in [0.05, 0.1) is 7.11 Å². The topological polar surface area (TPSA) is 38.5 Å².